The highest BCUT2D eigenvalue weighted by Gasteiger charge is 2.47. The standard InChI is InChI=1S/C41H39O9P/c1-3-41(4-2,51(43,44)45)50-37-24-32(20-23-35(37)47-27-30-16-10-6-11-17-30)39-40(48-28-31-18-12-7-13-19-31)38(42)34-22-21-33(25-36(34)49-39)46-26-29-14-8-5-9-15-29/h5-25H,3-4,26-28H2,1-2H3,(H2,43,44,45). The van der Waals surface area contributed by atoms with Crippen LogP contribution in [0.1, 0.15) is 43.4 Å². The second kappa shape index (κ2) is 15.7. The van der Waals surface area contributed by atoms with Gasteiger partial charge in [0.15, 0.2) is 17.3 Å². The zero-order chi connectivity index (χ0) is 35.8. The van der Waals surface area contributed by atoms with E-state index in [4.69, 9.17) is 23.4 Å². The van der Waals surface area contributed by atoms with Crippen molar-refractivity contribution >= 4 is 18.6 Å². The normalized spacial score (nSPS) is 11.7. The zero-order valence-electron chi connectivity index (χ0n) is 28.4. The molecule has 6 rings (SSSR count). The second-order valence-electron chi connectivity index (χ2n) is 12.0. The summed E-state index contributed by atoms with van der Waals surface area (Å²) in [6.45, 7) is 3.92. The Morgan fingerprint density at radius 3 is 1.75 bits per heavy atom. The summed E-state index contributed by atoms with van der Waals surface area (Å²) in [7, 11) is -4.78. The molecule has 6 aromatic rings. The summed E-state index contributed by atoms with van der Waals surface area (Å²) in [5, 5.41) is -1.52. The lowest BCUT2D eigenvalue weighted by atomic mass is 10.1. The van der Waals surface area contributed by atoms with Gasteiger partial charge in [0.1, 0.15) is 31.2 Å². The van der Waals surface area contributed by atoms with E-state index in [1.54, 1.807) is 50.2 Å². The van der Waals surface area contributed by atoms with E-state index in [0.717, 1.165) is 16.7 Å². The third-order valence-electron chi connectivity index (χ3n) is 8.68. The zero-order valence-corrected chi connectivity index (χ0v) is 29.3. The average Bonchev–Trinajstić information content (AvgIpc) is 3.15. The molecule has 0 fully saturated rings. The molecule has 1 aromatic heterocycles. The maximum atomic E-state index is 14.1. The topological polar surface area (TPSA) is 125 Å². The fourth-order valence-corrected chi connectivity index (χ4v) is 6.73. The van der Waals surface area contributed by atoms with Crippen molar-refractivity contribution in [1.29, 1.82) is 0 Å². The monoisotopic (exact) mass is 706 g/mol. The van der Waals surface area contributed by atoms with Gasteiger partial charge in [-0.2, -0.15) is 0 Å². The van der Waals surface area contributed by atoms with E-state index in [-0.39, 0.29) is 54.6 Å². The van der Waals surface area contributed by atoms with E-state index >= 15 is 0 Å². The lowest BCUT2D eigenvalue weighted by molar-refractivity contribution is 0.103. The molecule has 51 heavy (non-hydrogen) atoms. The van der Waals surface area contributed by atoms with E-state index in [9.17, 15) is 19.1 Å². The van der Waals surface area contributed by atoms with E-state index in [2.05, 4.69) is 0 Å². The van der Waals surface area contributed by atoms with E-state index in [1.807, 2.05) is 91.0 Å². The number of benzene rings is 5. The van der Waals surface area contributed by atoms with E-state index in [0.29, 0.717) is 23.3 Å². The summed E-state index contributed by atoms with van der Waals surface area (Å²) in [6, 6.07) is 38.6. The summed E-state index contributed by atoms with van der Waals surface area (Å²) < 4.78 is 43.9. The first-order valence-corrected chi connectivity index (χ1v) is 18.3. The third kappa shape index (κ3) is 8.18. The molecular weight excluding hydrogens is 667 g/mol. The van der Waals surface area contributed by atoms with Crippen molar-refractivity contribution in [3.63, 3.8) is 0 Å². The van der Waals surface area contributed by atoms with Gasteiger partial charge in [0.2, 0.25) is 16.5 Å². The number of rotatable bonds is 15. The predicted octanol–water partition coefficient (Wildman–Crippen LogP) is 9.27. The van der Waals surface area contributed by atoms with Crippen LogP contribution in [0.25, 0.3) is 22.3 Å². The molecule has 0 aliphatic carbocycles. The highest BCUT2D eigenvalue weighted by Crippen LogP contribution is 2.56. The highest BCUT2D eigenvalue weighted by molar-refractivity contribution is 7.53. The molecule has 0 aliphatic heterocycles. The quantitative estimate of drug-likeness (QED) is 0.101. The van der Waals surface area contributed by atoms with Crippen LogP contribution < -0.4 is 24.4 Å². The van der Waals surface area contributed by atoms with E-state index < -0.39 is 18.4 Å². The Kier molecular flexibility index (Phi) is 10.9. The van der Waals surface area contributed by atoms with Gasteiger partial charge in [-0.15, -0.1) is 0 Å². The molecule has 0 amide bonds. The molecular formula is C41H39O9P. The van der Waals surface area contributed by atoms with Crippen molar-refractivity contribution in [3.05, 3.63) is 154 Å². The molecule has 9 nitrogen and oxygen atoms in total. The molecule has 0 aliphatic rings. The van der Waals surface area contributed by atoms with Gasteiger partial charge in [-0.25, -0.2) is 0 Å². The molecule has 10 heteroatoms. The number of fused-ring (bicyclic) bond motifs is 1. The molecule has 5 aromatic carbocycles. The summed E-state index contributed by atoms with van der Waals surface area (Å²) in [6.07, 6.45) is 0.0523. The van der Waals surface area contributed by atoms with Crippen LogP contribution in [0.4, 0.5) is 0 Å². The largest absolute Gasteiger partial charge is 0.489 e. The SMILES string of the molecule is CCC(CC)(Oc1cc(-c2oc3cc(OCc4ccccc4)ccc3c(=O)c2OCc2ccccc2)ccc1OCc1ccccc1)P(=O)(O)O. The van der Waals surface area contributed by atoms with Gasteiger partial charge in [0.05, 0.1) is 5.39 Å². The molecule has 1 heterocycles. The minimum Gasteiger partial charge on any atom is -0.489 e. The smallest absolute Gasteiger partial charge is 0.368 e. The Bertz CT molecular complexity index is 2180. The van der Waals surface area contributed by atoms with Gasteiger partial charge >= 0.3 is 7.60 Å². The summed E-state index contributed by atoms with van der Waals surface area (Å²) in [4.78, 5) is 35.0. The number of ether oxygens (including phenoxy) is 4. The molecule has 262 valence electrons. The fourth-order valence-electron chi connectivity index (χ4n) is 5.69. The third-order valence-corrected chi connectivity index (χ3v) is 10.5. The Labute approximate surface area is 296 Å². The van der Waals surface area contributed by atoms with Gasteiger partial charge in [-0.1, -0.05) is 105 Å². The maximum absolute atomic E-state index is 14.1. The summed E-state index contributed by atoms with van der Waals surface area (Å²) >= 11 is 0. The van der Waals surface area contributed by atoms with Crippen LogP contribution in [0.2, 0.25) is 0 Å². The van der Waals surface area contributed by atoms with Crippen LogP contribution in [0.3, 0.4) is 0 Å². The first kappa shape index (κ1) is 35.5. The first-order valence-electron chi connectivity index (χ1n) is 16.7. The van der Waals surface area contributed by atoms with Gasteiger partial charge in [0.25, 0.3) is 0 Å². The average molecular weight is 707 g/mol. The van der Waals surface area contributed by atoms with Crippen LogP contribution in [0.5, 0.6) is 23.0 Å². The minimum atomic E-state index is -4.78. The fraction of sp³-hybridized carbons (Fsp3) is 0.195. The Balaban J connectivity index is 1.46. The second-order valence-corrected chi connectivity index (χ2v) is 13.9. The Morgan fingerprint density at radius 2 is 1.20 bits per heavy atom. The molecule has 0 atom stereocenters. The van der Waals surface area contributed by atoms with Crippen molar-refractivity contribution in [2.24, 2.45) is 0 Å². The van der Waals surface area contributed by atoms with Gasteiger partial charge in [0, 0.05) is 11.6 Å². The molecule has 0 saturated carbocycles. The summed E-state index contributed by atoms with van der Waals surface area (Å²) in [5.41, 5.74) is 2.97. The van der Waals surface area contributed by atoms with Crippen molar-refractivity contribution < 1.29 is 37.7 Å². The lowest BCUT2D eigenvalue weighted by Gasteiger charge is -2.33. The van der Waals surface area contributed by atoms with Crippen LogP contribution in [0, 0.1) is 0 Å². The summed E-state index contributed by atoms with van der Waals surface area (Å²) in [5.74, 6) is 0.920. The maximum Gasteiger partial charge on any atom is 0.368 e. The van der Waals surface area contributed by atoms with Crippen LogP contribution in [0.15, 0.2) is 137 Å². The van der Waals surface area contributed by atoms with Crippen LogP contribution in [-0.2, 0) is 24.4 Å². The highest BCUT2D eigenvalue weighted by atomic mass is 31.2. The van der Waals surface area contributed by atoms with Crippen molar-refractivity contribution in [3.8, 4) is 34.3 Å². The van der Waals surface area contributed by atoms with Gasteiger partial charge < -0.3 is 33.2 Å². The number of hydrogen-bond acceptors (Lipinski definition) is 7. The number of hydrogen-bond donors (Lipinski definition) is 2. The lowest BCUT2D eigenvalue weighted by Crippen LogP contribution is -2.34. The van der Waals surface area contributed by atoms with Gasteiger partial charge in [-0.3, -0.25) is 9.36 Å². The first-order chi connectivity index (χ1) is 24.7. The Morgan fingerprint density at radius 1 is 0.647 bits per heavy atom. The Hall–Kier alpha value is -5.34. The molecule has 2 N–H and O–H groups in total. The molecule has 0 bridgehead atoms. The van der Waals surface area contributed by atoms with Crippen molar-refractivity contribution in [2.45, 2.75) is 51.9 Å². The van der Waals surface area contributed by atoms with Crippen LogP contribution in [-0.4, -0.2) is 15.1 Å². The van der Waals surface area contributed by atoms with Gasteiger partial charge in [-0.05, 0) is 59.9 Å². The van der Waals surface area contributed by atoms with Crippen molar-refractivity contribution in [2.75, 3.05) is 0 Å². The van der Waals surface area contributed by atoms with E-state index in [1.165, 1.54) is 0 Å². The molecule has 0 radical (unpaired) electrons. The molecule has 0 spiro atoms. The molecule has 0 saturated heterocycles. The minimum absolute atomic E-state index is 0.0262. The van der Waals surface area contributed by atoms with Crippen LogP contribution >= 0.6 is 7.60 Å². The predicted molar refractivity (Wildman–Crippen MR) is 196 cm³/mol. The van der Waals surface area contributed by atoms with Crippen molar-refractivity contribution in [1.82, 2.24) is 0 Å². The molecule has 0 unspecified atom stereocenters.